The van der Waals surface area contributed by atoms with Crippen LogP contribution in [0.25, 0.3) is 0 Å². The SMILES string of the molecule is Cc1ccc(S(=O)(=O)NCCC(=O)Nc2cccc(F)c2C)cc1. The van der Waals surface area contributed by atoms with Gasteiger partial charge in [-0.05, 0) is 38.1 Å². The van der Waals surface area contributed by atoms with Crippen LogP contribution in [0.4, 0.5) is 10.1 Å². The molecule has 128 valence electrons. The van der Waals surface area contributed by atoms with Crippen LogP contribution in [0.15, 0.2) is 47.4 Å². The Morgan fingerprint density at radius 3 is 2.42 bits per heavy atom. The van der Waals surface area contributed by atoms with E-state index in [4.69, 9.17) is 0 Å². The number of carbonyl (C=O) groups excluding carboxylic acids is 1. The van der Waals surface area contributed by atoms with Gasteiger partial charge < -0.3 is 5.32 Å². The summed E-state index contributed by atoms with van der Waals surface area (Å²) in [6.45, 7) is 3.38. The molecule has 2 aromatic rings. The second kappa shape index (κ2) is 7.55. The fraction of sp³-hybridized carbons (Fsp3) is 0.235. The van der Waals surface area contributed by atoms with Crippen LogP contribution in [0.1, 0.15) is 17.5 Å². The van der Waals surface area contributed by atoms with E-state index in [9.17, 15) is 17.6 Å². The lowest BCUT2D eigenvalue weighted by atomic mass is 10.2. The highest BCUT2D eigenvalue weighted by Crippen LogP contribution is 2.17. The summed E-state index contributed by atoms with van der Waals surface area (Å²) in [6.07, 6.45) is -0.0545. The van der Waals surface area contributed by atoms with Crippen LogP contribution in [-0.4, -0.2) is 20.9 Å². The molecule has 0 atom stereocenters. The van der Waals surface area contributed by atoms with E-state index in [1.165, 1.54) is 24.3 Å². The summed E-state index contributed by atoms with van der Waals surface area (Å²) in [4.78, 5) is 12.0. The molecule has 2 rings (SSSR count). The Kier molecular flexibility index (Phi) is 5.69. The molecular formula is C17H19FN2O3S. The Morgan fingerprint density at radius 1 is 1.08 bits per heavy atom. The maximum Gasteiger partial charge on any atom is 0.240 e. The van der Waals surface area contributed by atoms with Crippen molar-refractivity contribution < 1.29 is 17.6 Å². The molecule has 0 spiro atoms. The average molecular weight is 350 g/mol. The van der Waals surface area contributed by atoms with E-state index in [0.29, 0.717) is 11.3 Å². The minimum atomic E-state index is -3.65. The van der Waals surface area contributed by atoms with Gasteiger partial charge in [-0.1, -0.05) is 23.8 Å². The van der Waals surface area contributed by atoms with Crippen LogP contribution < -0.4 is 10.0 Å². The molecule has 5 nitrogen and oxygen atoms in total. The van der Waals surface area contributed by atoms with Crippen LogP contribution in [-0.2, 0) is 14.8 Å². The number of amides is 1. The van der Waals surface area contributed by atoms with E-state index in [-0.39, 0.29) is 17.9 Å². The largest absolute Gasteiger partial charge is 0.326 e. The van der Waals surface area contributed by atoms with Gasteiger partial charge in [0.1, 0.15) is 5.82 Å². The van der Waals surface area contributed by atoms with Crippen LogP contribution in [0.2, 0.25) is 0 Å². The predicted molar refractivity (Wildman–Crippen MR) is 90.8 cm³/mol. The number of anilines is 1. The number of sulfonamides is 1. The predicted octanol–water partition coefficient (Wildman–Crippen LogP) is 2.75. The van der Waals surface area contributed by atoms with Crippen molar-refractivity contribution in [1.29, 1.82) is 0 Å². The van der Waals surface area contributed by atoms with Gasteiger partial charge in [0.15, 0.2) is 0 Å². The van der Waals surface area contributed by atoms with Crippen molar-refractivity contribution in [3.8, 4) is 0 Å². The molecule has 0 bridgehead atoms. The average Bonchev–Trinajstić information content (AvgIpc) is 2.52. The van der Waals surface area contributed by atoms with Crippen molar-refractivity contribution >= 4 is 21.6 Å². The Labute approximate surface area is 141 Å². The van der Waals surface area contributed by atoms with Gasteiger partial charge in [0.2, 0.25) is 15.9 Å². The Bertz CT molecular complexity index is 833. The van der Waals surface area contributed by atoms with Crippen molar-refractivity contribution in [1.82, 2.24) is 4.72 Å². The molecule has 1 amide bonds. The minimum Gasteiger partial charge on any atom is -0.326 e. The normalized spacial score (nSPS) is 11.3. The maximum absolute atomic E-state index is 13.4. The summed E-state index contributed by atoms with van der Waals surface area (Å²) >= 11 is 0. The first kappa shape index (κ1) is 18.1. The fourth-order valence-electron chi connectivity index (χ4n) is 2.06. The van der Waals surface area contributed by atoms with Crippen LogP contribution >= 0.6 is 0 Å². The number of benzene rings is 2. The molecule has 24 heavy (non-hydrogen) atoms. The quantitative estimate of drug-likeness (QED) is 0.841. The standard InChI is InChI=1S/C17H19FN2O3S/c1-12-6-8-14(9-7-12)24(22,23)19-11-10-17(21)20-16-5-3-4-15(18)13(16)2/h3-9,19H,10-11H2,1-2H3,(H,20,21). The molecule has 0 unspecified atom stereocenters. The molecule has 2 aromatic carbocycles. The van der Waals surface area contributed by atoms with Gasteiger partial charge >= 0.3 is 0 Å². The summed E-state index contributed by atoms with van der Waals surface area (Å²) in [5.41, 5.74) is 1.67. The molecule has 0 radical (unpaired) electrons. The van der Waals surface area contributed by atoms with Crippen molar-refractivity contribution in [3.05, 3.63) is 59.4 Å². The highest BCUT2D eigenvalue weighted by atomic mass is 32.2. The zero-order chi connectivity index (χ0) is 17.7. The van der Waals surface area contributed by atoms with Crippen LogP contribution in [0.3, 0.4) is 0 Å². The highest BCUT2D eigenvalue weighted by molar-refractivity contribution is 7.89. The Balaban J connectivity index is 1.90. The molecule has 7 heteroatoms. The van der Waals surface area contributed by atoms with E-state index in [1.54, 1.807) is 25.1 Å². The van der Waals surface area contributed by atoms with E-state index in [1.807, 2.05) is 6.92 Å². The van der Waals surface area contributed by atoms with Gasteiger partial charge in [-0.15, -0.1) is 0 Å². The molecule has 0 aliphatic rings. The number of hydrogen-bond donors (Lipinski definition) is 2. The fourth-order valence-corrected chi connectivity index (χ4v) is 3.09. The number of carbonyl (C=O) groups is 1. The van der Waals surface area contributed by atoms with Gasteiger partial charge in [-0.25, -0.2) is 17.5 Å². The summed E-state index contributed by atoms with van der Waals surface area (Å²) < 4.78 is 40.0. The van der Waals surface area contributed by atoms with Gasteiger partial charge in [0, 0.05) is 24.2 Å². The van der Waals surface area contributed by atoms with Gasteiger partial charge in [-0.2, -0.15) is 0 Å². The summed E-state index contributed by atoms with van der Waals surface area (Å²) in [5, 5.41) is 2.57. The van der Waals surface area contributed by atoms with Crippen LogP contribution in [0.5, 0.6) is 0 Å². The molecular weight excluding hydrogens is 331 g/mol. The van der Waals surface area contributed by atoms with Crippen molar-refractivity contribution in [3.63, 3.8) is 0 Å². The molecule has 0 aliphatic heterocycles. The minimum absolute atomic E-state index is 0.0452. The Hall–Kier alpha value is -2.25. The maximum atomic E-state index is 13.4. The first-order valence-corrected chi connectivity index (χ1v) is 8.89. The van der Waals surface area contributed by atoms with Crippen molar-refractivity contribution in [2.45, 2.75) is 25.2 Å². The van der Waals surface area contributed by atoms with Crippen molar-refractivity contribution in [2.75, 3.05) is 11.9 Å². The summed E-state index contributed by atoms with van der Waals surface area (Å²) in [5.74, 6) is -0.803. The molecule has 0 saturated carbocycles. The molecule has 0 aromatic heterocycles. The zero-order valence-corrected chi connectivity index (χ0v) is 14.3. The summed E-state index contributed by atoms with van der Waals surface area (Å²) in [7, 11) is -3.65. The second-order valence-corrected chi connectivity index (χ2v) is 7.19. The van der Waals surface area contributed by atoms with E-state index in [2.05, 4.69) is 10.0 Å². The molecule has 0 fully saturated rings. The lowest BCUT2D eigenvalue weighted by molar-refractivity contribution is -0.116. The van der Waals surface area contributed by atoms with Gasteiger partial charge in [-0.3, -0.25) is 4.79 Å². The number of nitrogens with one attached hydrogen (secondary N) is 2. The third-order valence-electron chi connectivity index (χ3n) is 3.52. The lowest BCUT2D eigenvalue weighted by Gasteiger charge is -2.10. The van der Waals surface area contributed by atoms with E-state index in [0.717, 1.165) is 5.56 Å². The van der Waals surface area contributed by atoms with Gasteiger partial charge in [0.05, 0.1) is 4.90 Å². The first-order chi connectivity index (χ1) is 11.3. The monoisotopic (exact) mass is 350 g/mol. The number of halogens is 1. The third kappa shape index (κ3) is 4.62. The van der Waals surface area contributed by atoms with Gasteiger partial charge in [0.25, 0.3) is 0 Å². The third-order valence-corrected chi connectivity index (χ3v) is 4.99. The topological polar surface area (TPSA) is 75.3 Å². The Morgan fingerprint density at radius 2 is 1.75 bits per heavy atom. The summed E-state index contributed by atoms with van der Waals surface area (Å²) in [6, 6.07) is 10.8. The number of hydrogen-bond acceptors (Lipinski definition) is 3. The molecule has 0 aliphatic carbocycles. The van der Waals surface area contributed by atoms with E-state index >= 15 is 0 Å². The highest BCUT2D eigenvalue weighted by Gasteiger charge is 2.14. The smallest absolute Gasteiger partial charge is 0.240 e. The second-order valence-electron chi connectivity index (χ2n) is 5.42. The number of rotatable bonds is 6. The molecule has 2 N–H and O–H groups in total. The lowest BCUT2D eigenvalue weighted by Crippen LogP contribution is -2.28. The van der Waals surface area contributed by atoms with Crippen LogP contribution in [0, 0.1) is 19.7 Å². The first-order valence-electron chi connectivity index (χ1n) is 7.41. The zero-order valence-electron chi connectivity index (χ0n) is 13.5. The van der Waals surface area contributed by atoms with Crippen molar-refractivity contribution in [2.24, 2.45) is 0 Å². The molecule has 0 heterocycles. The van der Waals surface area contributed by atoms with E-state index < -0.39 is 21.7 Å². The molecule has 0 saturated heterocycles. The number of aryl methyl sites for hydroxylation is 1.